The SMILES string of the molecule is COCc1oc(-c2ccc(Cl)cc2)nc1C=O. The summed E-state index contributed by atoms with van der Waals surface area (Å²) in [4.78, 5) is 14.9. The molecule has 0 radical (unpaired) electrons. The van der Waals surface area contributed by atoms with E-state index in [4.69, 9.17) is 20.8 Å². The van der Waals surface area contributed by atoms with E-state index in [2.05, 4.69) is 4.98 Å². The number of methoxy groups -OCH3 is 1. The molecule has 2 rings (SSSR count). The lowest BCUT2D eigenvalue weighted by Crippen LogP contribution is -1.90. The van der Waals surface area contributed by atoms with Crippen molar-refractivity contribution in [3.05, 3.63) is 40.7 Å². The molecular formula is C12H10ClNO3. The van der Waals surface area contributed by atoms with Crippen molar-refractivity contribution >= 4 is 17.9 Å². The van der Waals surface area contributed by atoms with Crippen molar-refractivity contribution in [3.63, 3.8) is 0 Å². The molecule has 0 bridgehead atoms. The van der Waals surface area contributed by atoms with Crippen molar-refractivity contribution in [2.75, 3.05) is 7.11 Å². The Morgan fingerprint density at radius 3 is 2.71 bits per heavy atom. The van der Waals surface area contributed by atoms with Gasteiger partial charge >= 0.3 is 0 Å². The average molecular weight is 252 g/mol. The predicted octanol–water partition coefficient (Wildman–Crippen LogP) is 2.95. The van der Waals surface area contributed by atoms with E-state index in [1.807, 2.05) is 0 Å². The highest BCUT2D eigenvalue weighted by Crippen LogP contribution is 2.23. The number of rotatable bonds is 4. The number of benzene rings is 1. The van der Waals surface area contributed by atoms with Gasteiger partial charge in [0, 0.05) is 17.7 Å². The summed E-state index contributed by atoms with van der Waals surface area (Å²) in [6.45, 7) is 0.217. The lowest BCUT2D eigenvalue weighted by atomic mass is 10.2. The van der Waals surface area contributed by atoms with Crippen LogP contribution in [0.5, 0.6) is 0 Å². The molecule has 4 nitrogen and oxygen atoms in total. The minimum atomic E-state index is 0.217. The molecule has 17 heavy (non-hydrogen) atoms. The Balaban J connectivity index is 2.38. The highest BCUT2D eigenvalue weighted by atomic mass is 35.5. The van der Waals surface area contributed by atoms with Gasteiger partial charge in [-0.25, -0.2) is 4.98 Å². The third-order valence-corrected chi connectivity index (χ3v) is 2.46. The van der Waals surface area contributed by atoms with Gasteiger partial charge in [-0.05, 0) is 24.3 Å². The Bertz CT molecular complexity index is 519. The molecule has 0 fully saturated rings. The highest BCUT2D eigenvalue weighted by molar-refractivity contribution is 6.30. The summed E-state index contributed by atoms with van der Waals surface area (Å²) in [6, 6.07) is 7.02. The molecular weight excluding hydrogens is 242 g/mol. The minimum absolute atomic E-state index is 0.217. The molecule has 5 heteroatoms. The van der Waals surface area contributed by atoms with Crippen LogP contribution in [0.15, 0.2) is 28.7 Å². The Morgan fingerprint density at radius 1 is 1.41 bits per heavy atom. The number of hydrogen-bond donors (Lipinski definition) is 0. The normalized spacial score (nSPS) is 10.5. The van der Waals surface area contributed by atoms with Crippen LogP contribution in [0.3, 0.4) is 0 Å². The smallest absolute Gasteiger partial charge is 0.227 e. The lowest BCUT2D eigenvalue weighted by molar-refractivity contribution is 0.111. The minimum Gasteiger partial charge on any atom is -0.438 e. The third kappa shape index (κ3) is 2.54. The van der Waals surface area contributed by atoms with E-state index in [0.717, 1.165) is 5.56 Å². The summed E-state index contributed by atoms with van der Waals surface area (Å²) in [5.74, 6) is 0.809. The van der Waals surface area contributed by atoms with E-state index in [1.165, 1.54) is 7.11 Å². The van der Waals surface area contributed by atoms with Gasteiger partial charge in [-0.15, -0.1) is 0 Å². The Morgan fingerprint density at radius 2 is 2.12 bits per heavy atom. The van der Waals surface area contributed by atoms with Crippen molar-refractivity contribution in [2.24, 2.45) is 0 Å². The van der Waals surface area contributed by atoms with Crippen LogP contribution >= 0.6 is 11.6 Å². The van der Waals surface area contributed by atoms with Crippen LogP contribution < -0.4 is 0 Å². The first-order valence-corrected chi connectivity index (χ1v) is 5.32. The number of ether oxygens (including phenoxy) is 1. The second-order valence-corrected chi connectivity index (χ2v) is 3.82. The zero-order chi connectivity index (χ0) is 12.3. The molecule has 88 valence electrons. The molecule has 0 amide bonds. The molecule has 0 spiro atoms. The first-order valence-electron chi connectivity index (χ1n) is 4.94. The highest BCUT2D eigenvalue weighted by Gasteiger charge is 2.13. The monoisotopic (exact) mass is 251 g/mol. The summed E-state index contributed by atoms with van der Waals surface area (Å²) >= 11 is 5.79. The fourth-order valence-corrected chi connectivity index (χ4v) is 1.53. The standard InChI is InChI=1S/C12H10ClNO3/c1-16-7-11-10(6-15)14-12(17-11)8-2-4-9(13)5-3-8/h2-6H,7H2,1H3. The van der Waals surface area contributed by atoms with E-state index >= 15 is 0 Å². The number of halogens is 1. The van der Waals surface area contributed by atoms with Gasteiger partial charge in [0.25, 0.3) is 0 Å². The van der Waals surface area contributed by atoms with Gasteiger partial charge in [-0.2, -0.15) is 0 Å². The van der Waals surface area contributed by atoms with E-state index < -0.39 is 0 Å². The number of hydrogen-bond acceptors (Lipinski definition) is 4. The third-order valence-electron chi connectivity index (χ3n) is 2.21. The van der Waals surface area contributed by atoms with Crippen LogP contribution in [0.4, 0.5) is 0 Å². The van der Waals surface area contributed by atoms with Gasteiger partial charge in [0.15, 0.2) is 12.0 Å². The van der Waals surface area contributed by atoms with Crippen molar-refractivity contribution in [2.45, 2.75) is 6.61 Å². The Hall–Kier alpha value is -1.65. The molecule has 1 aromatic heterocycles. The number of aldehydes is 1. The van der Waals surface area contributed by atoms with Crippen LogP contribution in [-0.4, -0.2) is 18.4 Å². The van der Waals surface area contributed by atoms with Gasteiger partial charge < -0.3 is 9.15 Å². The first-order chi connectivity index (χ1) is 8.24. The molecule has 0 unspecified atom stereocenters. The van der Waals surface area contributed by atoms with Crippen LogP contribution in [0, 0.1) is 0 Å². The molecule has 2 aromatic rings. The molecule has 1 heterocycles. The summed E-state index contributed by atoms with van der Waals surface area (Å²) in [5.41, 5.74) is 1.02. The Labute approximate surface area is 103 Å². The summed E-state index contributed by atoms with van der Waals surface area (Å²) in [6.07, 6.45) is 0.650. The van der Waals surface area contributed by atoms with Gasteiger partial charge in [0.2, 0.25) is 5.89 Å². The van der Waals surface area contributed by atoms with Gasteiger partial charge in [0.05, 0.1) is 0 Å². The molecule has 0 aliphatic heterocycles. The fraction of sp³-hybridized carbons (Fsp3) is 0.167. The number of oxazole rings is 1. The maximum Gasteiger partial charge on any atom is 0.227 e. The molecule has 0 saturated carbocycles. The van der Waals surface area contributed by atoms with Crippen LogP contribution in [0.1, 0.15) is 16.2 Å². The second kappa shape index (κ2) is 5.12. The summed E-state index contributed by atoms with van der Waals surface area (Å²) in [7, 11) is 1.53. The van der Waals surface area contributed by atoms with E-state index in [9.17, 15) is 4.79 Å². The van der Waals surface area contributed by atoms with E-state index in [-0.39, 0.29) is 12.3 Å². The zero-order valence-corrected chi connectivity index (χ0v) is 9.90. The molecule has 1 aromatic carbocycles. The zero-order valence-electron chi connectivity index (χ0n) is 9.14. The molecule has 0 atom stereocenters. The van der Waals surface area contributed by atoms with Crippen LogP contribution in [0.25, 0.3) is 11.5 Å². The van der Waals surface area contributed by atoms with Gasteiger partial charge in [-0.1, -0.05) is 11.6 Å². The maximum atomic E-state index is 10.8. The largest absolute Gasteiger partial charge is 0.438 e. The van der Waals surface area contributed by atoms with Crippen LogP contribution in [-0.2, 0) is 11.3 Å². The quantitative estimate of drug-likeness (QED) is 0.784. The average Bonchev–Trinajstić information content (AvgIpc) is 2.74. The predicted molar refractivity (Wildman–Crippen MR) is 63.0 cm³/mol. The van der Waals surface area contributed by atoms with Crippen molar-refractivity contribution < 1.29 is 13.9 Å². The summed E-state index contributed by atoms with van der Waals surface area (Å²) in [5, 5.41) is 0.632. The first kappa shape index (κ1) is 11.8. The topological polar surface area (TPSA) is 52.3 Å². The second-order valence-electron chi connectivity index (χ2n) is 3.39. The van der Waals surface area contributed by atoms with Crippen LogP contribution in [0.2, 0.25) is 5.02 Å². The van der Waals surface area contributed by atoms with Crippen molar-refractivity contribution in [3.8, 4) is 11.5 Å². The van der Waals surface area contributed by atoms with Crippen molar-refractivity contribution in [1.29, 1.82) is 0 Å². The summed E-state index contributed by atoms with van der Waals surface area (Å²) < 4.78 is 10.4. The molecule has 0 aliphatic rings. The lowest BCUT2D eigenvalue weighted by Gasteiger charge is -1.95. The fourth-order valence-electron chi connectivity index (χ4n) is 1.41. The van der Waals surface area contributed by atoms with E-state index in [1.54, 1.807) is 24.3 Å². The molecule has 0 aliphatic carbocycles. The number of aromatic nitrogens is 1. The number of carbonyl (C=O) groups excluding carboxylic acids is 1. The van der Waals surface area contributed by atoms with Gasteiger partial charge in [0.1, 0.15) is 12.3 Å². The number of nitrogens with zero attached hydrogens (tertiary/aromatic N) is 1. The Kier molecular flexibility index (Phi) is 3.56. The van der Waals surface area contributed by atoms with Crippen molar-refractivity contribution in [1.82, 2.24) is 4.98 Å². The maximum absolute atomic E-state index is 10.8. The number of carbonyl (C=O) groups is 1. The molecule has 0 N–H and O–H groups in total. The van der Waals surface area contributed by atoms with E-state index in [0.29, 0.717) is 23.0 Å². The van der Waals surface area contributed by atoms with Gasteiger partial charge in [-0.3, -0.25) is 4.79 Å². The molecule has 0 saturated heterocycles.